The molecule has 1 saturated heterocycles. The Morgan fingerprint density at radius 1 is 1.15 bits per heavy atom. The van der Waals surface area contributed by atoms with Gasteiger partial charge < -0.3 is 24.4 Å². The molecule has 1 saturated carbocycles. The van der Waals surface area contributed by atoms with Crippen molar-refractivity contribution in [1.29, 1.82) is 0 Å². The van der Waals surface area contributed by atoms with Crippen molar-refractivity contribution >= 4 is 22.9 Å². The fraction of sp³-hybridized carbons (Fsp3) is 0.571. The number of rotatable bonds is 11. The number of hydrogen-bond acceptors (Lipinski definition) is 9. The molecular formula is C28H37F2N7O4. The lowest BCUT2D eigenvalue weighted by atomic mass is 9.93. The molecule has 1 aromatic carbocycles. The maximum Gasteiger partial charge on any atom is 0.296 e. The first-order valence-corrected chi connectivity index (χ1v) is 14.0. The van der Waals surface area contributed by atoms with Gasteiger partial charge in [-0.2, -0.15) is 9.97 Å². The van der Waals surface area contributed by atoms with Gasteiger partial charge in [0.15, 0.2) is 5.82 Å². The van der Waals surface area contributed by atoms with E-state index < -0.39 is 6.43 Å². The van der Waals surface area contributed by atoms with Crippen LogP contribution < -0.4 is 15.0 Å². The largest absolute Gasteiger partial charge is 0.474 e. The molecular weight excluding hydrogens is 536 g/mol. The van der Waals surface area contributed by atoms with E-state index >= 15 is 0 Å². The van der Waals surface area contributed by atoms with Crippen molar-refractivity contribution in [3.8, 4) is 11.7 Å². The summed E-state index contributed by atoms with van der Waals surface area (Å²) >= 11 is 0. The third-order valence-corrected chi connectivity index (χ3v) is 7.40. The van der Waals surface area contributed by atoms with Crippen LogP contribution in [0.2, 0.25) is 0 Å². The topological polar surface area (TPSA) is 107 Å². The zero-order chi connectivity index (χ0) is 28.8. The van der Waals surface area contributed by atoms with Crippen LogP contribution in [-0.2, 0) is 14.3 Å². The summed E-state index contributed by atoms with van der Waals surface area (Å²) < 4.78 is 46.5. The number of morpholine rings is 1. The molecule has 13 heteroatoms. The number of imidazole rings is 1. The van der Waals surface area contributed by atoms with Crippen LogP contribution in [0.25, 0.3) is 16.9 Å². The van der Waals surface area contributed by atoms with Crippen molar-refractivity contribution < 1.29 is 27.8 Å². The van der Waals surface area contributed by atoms with Crippen LogP contribution in [-0.4, -0.2) is 103 Å². The number of methoxy groups -OCH3 is 1. The van der Waals surface area contributed by atoms with E-state index in [-0.39, 0.29) is 29.7 Å². The standard InChI is InChI=1S/C28H37F2N7O4/c1-35(11-14-39-2)18-24(38)31-19-7-9-20(10-8-19)41-25-17-23(33-28(34-25)36-12-15-40-16-13-36)37-22-6-4-3-5-21(22)32-27(37)26(29)30/h3-6,17,19-20,26H,7-16,18H2,1-2H3,(H,31,38). The number of likely N-dealkylation sites (N-methyl/N-ethyl adjacent to an activating group) is 1. The van der Waals surface area contributed by atoms with Crippen LogP contribution in [0, 0.1) is 0 Å². The van der Waals surface area contributed by atoms with Gasteiger partial charge in [0, 0.05) is 38.9 Å². The molecule has 222 valence electrons. The van der Waals surface area contributed by atoms with Crippen molar-refractivity contribution in [2.75, 3.05) is 65.1 Å². The Hall–Kier alpha value is -3.42. The molecule has 2 aromatic heterocycles. The van der Waals surface area contributed by atoms with Crippen LogP contribution in [0.1, 0.15) is 37.9 Å². The van der Waals surface area contributed by atoms with Crippen molar-refractivity contribution in [1.82, 2.24) is 29.7 Å². The first kappa shape index (κ1) is 29.1. The lowest BCUT2D eigenvalue weighted by molar-refractivity contribution is -0.123. The highest BCUT2D eigenvalue weighted by molar-refractivity contribution is 5.78. The summed E-state index contributed by atoms with van der Waals surface area (Å²) in [7, 11) is 3.53. The van der Waals surface area contributed by atoms with E-state index in [0.29, 0.717) is 68.9 Å². The molecule has 2 fully saturated rings. The Morgan fingerprint density at radius 2 is 1.90 bits per heavy atom. The monoisotopic (exact) mass is 573 g/mol. The Balaban J connectivity index is 1.32. The number of hydrogen-bond donors (Lipinski definition) is 1. The van der Waals surface area contributed by atoms with Gasteiger partial charge in [-0.3, -0.25) is 14.3 Å². The summed E-state index contributed by atoms with van der Waals surface area (Å²) in [4.78, 5) is 29.9. The molecule has 0 spiro atoms. The van der Waals surface area contributed by atoms with Crippen LogP contribution >= 0.6 is 0 Å². The minimum atomic E-state index is -2.79. The van der Waals surface area contributed by atoms with E-state index in [1.807, 2.05) is 16.8 Å². The maximum absolute atomic E-state index is 14.1. The number of fused-ring (bicyclic) bond motifs is 1. The lowest BCUT2D eigenvalue weighted by Gasteiger charge is -2.30. The number of anilines is 1. The Labute approximate surface area is 237 Å². The van der Waals surface area contributed by atoms with Gasteiger partial charge in [-0.15, -0.1) is 0 Å². The quantitative estimate of drug-likeness (QED) is 0.371. The van der Waals surface area contributed by atoms with E-state index in [1.165, 1.54) is 4.57 Å². The molecule has 1 amide bonds. The van der Waals surface area contributed by atoms with E-state index in [2.05, 4.69) is 20.3 Å². The van der Waals surface area contributed by atoms with Crippen LogP contribution in [0.4, 0.5) is 14.7 Å². The maximum atomic E-state index is 14.1. The third-order valence-electron chi connectivity index (χ3n) is 7.40. The van der Waals surface area contributed by atoms with Crippen molar-refractivity contribution in [3.63, 3.8) is 0 Å². The van der Waals surface area contributed by atoms with Gasteiger partial charge in [0.2, 0.25) is 17.7 Å². The second-order valence-corrected chi connectivity index (χ2v) is 10.4. The van der Waals surface area contributed by atoms with Crippen LogP contribution in [0.3, 0.4) is 0 Å². The predicted molar refractivity (Wildman–Crippen MR) is 149 cm³/mol. The number of amides is 1. The predicted octanol–water partition coefficient (Wildman–Crippen LogP) is 2.97. The Morgan fingerprint density at radius 3 is 2.63 bits per heavy atom. The van der Waals surface area contributed by atoms with Gasteiger partial charge >= 0.3 is 0 Å². The summed E-state index contributed by atoms with van der Waals surface area (Å²) in [6.45, 7) is 3.80. The van der Waals surface area contributed by atoms with Crippen molar-refractivity contribution in [2.45, 2.75) is 44.3 Å². The molecule has 1 aliphatic heterocycles. The number of para-hydroxylation sites is 2. The van der Waals surface area contributed by atoms with Gasteiger partial charge in [-0.05, 0) is 44.9 Å². The highest BCUT2D eigenvalue weighted by Crippen LogP contribution is 2.31. The Bertz CT molecular complexity index is 1310. The number of ether oxygens (including phenoxy) is 3. The van der Waals surface area contributed by atoms with Gasteiger partial charge in [-0.1, -0.05) is 12.1 Å². The number of benzene rings is 1. The minimum absolute atomic E-state index is 0.00837. The number of nitrogens with one attached hydrogen (secondary N) is 1. The third kappa shape index (κ3) is 7.27. The summed E-state index contributed by atoms with van der Waals surface area (Å²) in [6.07, 6.45) is 0.0862. The molecule has 3 heterocycles. The number of nitrogens with zero attached hydrogens (tertiary/aromatic N) is 6. The normalized spacial score (nSPS) is 19.7. The number of carbonyl (C=O) groups excluding carboxylic acids is 1. The summed E-state index contributed by atoms with van der Waals surface area (Å²) in [5.41, 5.74) is 0.992. The first-order valence-electron chi connectivity index (χ1n) is 14.0. The molecule has 41 heavy (non-hydrogen) atoms. The molecule has 1 aliphatic carbocycles. The van der Waals surface area contributed by atoms with E-state index in [9.17, 15) is 13.6 Å². The number of halogens is 2. The average molecular weight is 574 g/mol. The second kappa shape index (κ2) is 13.5. The van der Waals surface area contributed by atoms with E-state index in [0.717, 1.165) is 25.7 Å². The highest BCUT2D eigenvalue weighted by Gasteiger charge is 2.27. The van der Waals surface area contributed by atoms with E-state index in [1.54, 1.807) is 37.4 Å². The summed E-state index contributed by atoms with van der Waals surface area (Å²) in [5.74, 6) is 0.608. The molecule has 0 radical (unpaired) electrons. The van der Waals surface area contributed by atoms with Gasteiger partial charge in [-0.25, -0.2) is 13.8 Å². The molecule has 1 N–H and O–H groups in total. The molecule has 2 aliphatic rings. The first-order chi connectivity index (χ1) is 19.9. The lowest BCUT2D eigenvalue weighted by Crippen LogP contribution is -2.44. The number of carbonyl (C=O) groups is 1. The fourth-order valence-corrected chi connectivity index (χ4v) is 5.25. The second-order valence-electron chi connectivity index (χ2n) is 10.4. The smallest absolute Gasteiger partial charge is 0.296 e. The van der Waals surface area contributed by atoms with Gasteiger partial charge in [0.25, 0.3) is 6.43 Å². The van der Waals surface area contributed by atoms with Crippen molar-refractivity contribution in [3.05, 3.63) is 36.2 Å². The number of alkyl halides is 2. The minimum Gasteiger partial charge on any atom is -0.474 e. The van der Waals surface area contributed by atoms with Crippen LogP contribution in [0.15, 0.2) is 30.3 Å². The summed E-state index contributed by atoms with van der Waals surface area (Å²) in [5, 5.41) is 3.12. The van der Waals surface area contributed by atoms with Crippen LogP contribution in [0.5, 0.6) is 5.88 Å². The van der Waals surface area contributed by atoms with Crippen molar-refractivity contribution in [2.24, 2.45) is 0 Å². The zero-order valence-corrected chi connectivity index (χ0v) is 23.5. The molecule has 0 atom stereocenters. The number of aromatic nitrogens is 4. The SMILES string of the molecule is COCCN(C)CC(=O)NC1CCC(Oc2cc(-n3c(C(F)F)nc4ccccc43)nc(N3CCOCC3)n2)CC1. The molecule has 0 unspecified atom stereocenters. The Kier molecular flexibility index (Phi) is 9.57. The highest BCUT2D eigenvalue weighted by atomic mass is 19.3. The fourth-order valence-electron chi connectivity index (χ4n) is 5.25. The molecule has 0 bridgehead atoms. The molecule has 5 rings (SSSR count). The molecule has 3 aromatic rings. The average Bonchev–Trinajstić information content (AvgIpc) is 3.38. The van der Waals surface area contributed by atoms with Gasteiger partial charge in [0.05, 0.1) is 37.4 Å². The zero-order valence-electron chi connectivity index (χ0n) is 23.5. The van der Waals surface area contributed by atoms with Gasteiger partial charge in [0.1, 0.15) is 11.9 Å². The van der Waals surface area contributed by atoms with E-state index in [4.69, 9.17) is 14.2 Å². The molecule has 11 nitrogen and oxygen atoms in total. The summed E-state index contributed by atoms with van der Waals surface area (Å²) in [6, 6.07) is 8.68.